The van der Waals surface area contributed by atoms with Crippen molar-refractivity contribution in [3.63, 3.8) is 0 Å². The molecule has 0 aliphatic rings. The van der Waals surface area contributed by atoms with Crippen LogP contribution in [0.3, 0.4) is 0 Å². The van der Waals surface area contributed by atoms with E-state index in [4.69, 9.17) is 15.3 Å². The standard InChI is InChI=1S/C7H9NO4.C2H6/c1-5-2-3-6(8-4-5)12-7(9,10)11;1-2/h2-4,9-11H,1H3;1-2H3. The summed E-state index contributed by atoms with van der Waals surface area (Å²) in [4.78, 5) is 3.66. The third-order valence-electron chi connectivity index (χ3n) is 1.13. The molecule has 14 heavy (non-hydrogen) atoms. The second kappa shape index (κ2) is 5.54. The van der Waals surface area contributed by atoms with Gasteiger partial charge in [0.25, 0.3) is 0 Å². The summed E-state index contributed by atoms with van der Waals surface area (Å²) in [5, 5.41) is 25.2. The van der Waals surface area contributed by atoms with E-state index in [-0.39, 0.29) is 5.88 Å². The highest BCUT2D eigenvalue weighted by atomic mass is 16.9. The SMILES string of the molecule is CC.Cc1ccc(OC(O)(O)O)nc1. The largest absolute Gasteiger partial charge is 0.454 e. The Bertz CT molecular complexity index is 253. The Kier molecular flexibility index (Phi) is 5.07. The van der Waals surface area contributed by atoms with Gasteiger partial charge in [0.15, 0.2) is 0 Å². The number of rotatable bonds is 2. The molecule has 0 radical (unpaired) electrons. The van der Waals surface area contributed by atoms with Gasteiger partial charge in [-0.25, -0.2) is 4.98 Å². The van der Waals surface area contributed by atoms with Gasteiger partial charge in [-0.05, 0) is 12.5 Å². The molecule has 0 aliphatic carbocycles. The summed E-state index contributed by atoms with van der Waals surface area (Å²) in [7, 11) is 0. The molecule has 5 nitrogen and oxygen atoms in total. The van der Waals surface area contributed by atoms with Crippen molar-refractivity contribution in [1.29, 1.82) is 0 Å². The molecule has 1 rings (SSSR count). The average molecular weight is 201 g/mol. The van der Waals surface area contributed by atoms with Crippen molar-refractivity contribution in [2.24, 2.45) is 0 Å². The maximum absolute atomic E-state index is 8.39. The summed E-state index contributed by atoms with van der Waals surface area (Å²) in [6.07, 6.45) is -1.69. The molecule has 0 atom stereocenters. The monoisotopic (exact) mass is 201 g/mol. The van der Waals surface area contributed by atoms with Gasteiger partial charge < -0.3 is 20.1 Å². The first-order valence-corrected chi connectivity index (χ1v) is 4.26. The Labute approximate surface area is 82.6 Å². The highest BCUT2D eigenvalue weighted by Crippen LogP contribution is 2.10. The van der Waals surface area contributed by atoms with Crippen LogP contribution in [-0.2, 0) is 0 Å². The van der Waals surface area contributed by atoms with E-state index in [1.807, 2.05) is 20.8 Å². The van der Waals surface area contributed by atoms with E-state index in [1.54, 1.807) is 6.07 Å². The molecule has 0 fully saturated rings. The van der Waals surface area contributed by atoms with Crippen LogP contribution >= 0.6 is 0 Å². The maximum atomic E-state index is 8.39. The topological polar surface area (TPSA) is 82.8 Å². The molecule has 5 heteroatoms. The second-order valence-electron chi connectivity index (χ2n) is 2.35. The summed E-state index contributed by atoms with van der Waals surface area (Å²) >= 11 is 0. The molecule has 0 unspecified atom stereocenters. The predicted octanol–water partition coefficient (Wildman–Crippen LogP) is 0.383. The van der Waals surface area contributed by atoms with Gasteiger partial charge in [-0.1, -0.05) is 19.9 Å². The van der Waals surface area contributed by atoms with E-state index < -0.39 is 6.16 Å². The first-order chi connectivity index (χ1) is 6.47. The molecule has 1 aromatic rings. The quantitative estimate of drug-likeness (QED) is 0.603. The highest BCUT2D eigenvalue weighted by molar-refractivity contribution is 5.16. The Balaban J connectivity index is 0.000000791. The van der Waals surface area contributed by atoms with E-state index in [9.17, 15) is 0 Å². The summed E-state index contributed by atoms with van der Waals surface area (Å²) < 4.78 is 4.21. The van der Waals surface area contributed by atoms with Crippen molar-refractivity contribution in [3.05, 3.63) is 23.9 Å². The van der Waals surface area contributed by atoms with Gasteiger partial charge in [-0.2, -0.15) is 0 Å². The molecular weight excluding hydrogens is 186 g/mol. The molecule has 0 saturated heterocycles. The Morgan fingerprint density at radius 2 is 1.79 bits per heavy atom. The zero-order chi connectivity index (χ0) is 11.2. The van der Waals surface area contributed by atoms with Crippen molar-refractivity contribution < 1.29 is 20.1 Å². The predicted molar refractivity (Wildman–Crippen MR) is 50.3 cm³/mol. The van der Waals surface area contributed by atoms with E-state index in [2.05, 4.69) is 9.72 Å². The van der Waals surface area contributed by atoms with Gasteiger partial charge in [0.1, 0.15) is 0 Å². The minimum absolute atomic E-state index is 0.0619. The van der Waals surface area contributed by atoms with Crippen LogP contribution in [0.1, 0.15) is 19.4 Å². The first kappa shape index (κ1) is 12.8. The molecule has 1 heterocycles. The normalized spacial score (nSPS) is 10.1. The molecule has 3 N–H and O–H groups in total. The lowest BCUT2D eigenvalue weighted by molar-refractivity contribution is -0.420. The van der Waals surface area contributed by atoms with Gasteiger partial charge in [0, 0.05) is 12.3 Å². The Hall–Kier alpha value is -1.17. The third kappa shape index (κ3) is 5.47. The molecule has 0 aromatic carbocycles. The van der Waals surface area contributed by atoms with Crippen LogP contribution in [0.15, 0.2) is 18.3 Å². The fourth-order valence-corrected chi connectivity index (χ4v) is 0.655. The van der Waals surface area contributed by atoms with Crippen molar-refractivity contribution in [1.82, 2.24) is 4.98 Å². The van der Waals surface area contributed by atoms with Gasteiger partial charge in [-0.15, -0.1) is 0 Å². The van der Waals surface area contributed by atoms with Crippen molar-refractivity contribution in [2.75, 3.05) is 0 Å². The minimum Gasteiger partial charge on any atom is -0.399 e. The number of hydrogen-bond donors (Lipinski definition) is 3. The van der Waals surface area contributed by atoms with E-state index in [1.165, 1.54) is 12.3 Å². The van der Waals surface area contributed by atoms with Crippen LogP contribution in [-0.4, -0.2) is 26.5 Å². The molecular formula is C9H15NO4. The number of hydrogen-bond acceptors (Lipinski definition) is 5. The summed E-state index contributed by atoms with van der Waals surface area (Å²) in [6.45, 7) is 5.82. The van der Waals surface area contributed by atoms with Crippen molar-refractivity contribution in [3.8, 4) is 5.88 Å². The highest BCUT2D eigenvalue weighted by Gasteiger charge is 2.21. The Morgan fingerprint density at radius 1 is 1.21 bits per heavy atom. The van der Waals surface area contributed by atoms with Gasteiger partial charge in [0.05, 0.1) is 0 Å². The van der Waals surface area contributed by atoms with E-state index >= 15 is 0 Å². The van der Waals surface area contributed by atoms with Crippen LogP contribution in [0.4, 0.5) is 0 Å². The van der Waals surface area contributed by atoms with Gasteiger partial charge in [-0.3, -0.25) is 0 Å². The van der Waals surface area contributed by atoms with E-state index in [0.29, 0.717) is 0 Å². The fourth-order valence-electron chi connectivity index (χ4n) is 0.655. The smallest absolute Gasteiger partial charge is 0.399 e. The summed E-state index contributed by atoms with van der Waals surface area (Å²) in [6, 6.07) is 3.07. The van der Waals surface area contributed by atoms with Crippen LogP contribution in [0.5, 0.6) is 5.88 Å². The molecule has 0 saturated carbocycles. The third-order valence-corrected chi connectivity index (χ3v) is 1.13. The maximum Gasteiger partial charge on any atom is 0.454 e. The number of aryl methyl sites for hydroxylation is 1. The lowest BCUT2D eigenvalue weighted by atomic mass is 10.3. The summed E-state index contributed by atoms with van der Waals surface area (Å²) in [5.41, 5.74) is 0.904. The lowest BCUT2D eigenvalue weighted by Gasteiger charge is -2.13. The molecule has 1 aromatic heterocycles. The van der Waals surface area contributed by atoms with E-state index in [0.717, 1.165) is 5.56 Å². The number of aliphatic hydroxyl groups is 3. The van der Waals surface area contributed by atoms with Crippen LogP contribution < -0.4 is 4.74 Å². The molecule has 80 valence electrons. The number of nitrogens with zero attached hydrogens (tertiary/aromatic N) is 1. The molecule has 0 spiro atoms. The van der Waals surface area contributed by atoms with Gasteiger partial charge in [0.2, 0.25) is 5.88 Å². The number of pyridine rings is 1. The molecule has 0 aliphatic heterocycles. The second-order valence-corrected chi connectivity index (χ2v) is 2.35. The average Bonchev–Trinajstić information content (AvgIpc) is 2.10. The summed E-state index contributed by atoms with van der Waals surface area (Å²) in [5.74, 6) is -0.0619. The fraction of sp³-hybridized carbons (Fsp3) is 0.444. The zero-order valence-corrected chi connectivity index (χ0v) is 8.43. The Morgan fingerprint density at radius 3 is 2.14 bits per heavy atom. The number of ether oxygens (including phenoxy) is 1. The molecule has 0 amide bonds. The van der Waals surface area contributed by atoms with Gasteiger partial charge >= 0.3 is 6.16 Å². The first-order valence-electron chi connectivity index (χ1n) is 4.26. The minimum atomic E-state index is -3.16. The van der Waals surface area contributed by atoms with Crippen LogP contribution in [0.25, 0.3) is 0 Å². The van der Waals surface area contributed by atoms with Crippen LogP contribution in [0, 0.1) is 6.92 Å². The lowest BCUT2D eigenvalue weighted by Crippen LogP contribution is -2.34. The zero-order valence-electron chi connectivity index (χ0n) is 8.43. The molecule has 0 bridgehead atoms. The van der Waals surface area contributed by atoms with Crippen LogP contribution in [0.2, 0.25) is 0 Å². The number of aromatic nitrogens is 1. The van der Waals surface area contributed by atoms with Crippen molar-refractivity contribution in [2.45, 2.75) is 26.9 Å². The van der Waals surface area contributed by atoms with Crippen molar-refractivity contribution >= 4 is 0 Å².